The molecule has 0 saturated carbocycles. The van der Waals surface area contributed by atoms with Crippen molar-refractivity contribution in [2.45, 2.75) is 61.8 Å². The predicted octanol–water partition coefficient (Wildman–Crippen LogP) is 5.77. The maximum atomic E-state index is 4.29. The van der Waals surface area contributed by atoms with Gasteiger partial charge in [0.25, 0.3) is 0 Å². The van der Waals surface area contributed by atoms with Crippen LogP contribution in [0.15, 0.2) is 0 Å². The van der Waals surface area contributed by atoms with E-state index in [0.717, 1.165) is 11.7 Å². The molecule has 0 aliphatic heterocycles. The van der Waals surface area contributed by atoms with Crippen molar-refractivity contribution in [3.05, 3.63) is 0 Å². The Bertz CT molecular complexity index is 236. The van der Waals surface area contributed by atoms with Crippen LogP contribution in [0.2, 0.25) is 0 Å². The molecule has 0 heterocycles. The van der Waals surface area contributed by atoms with Gasteiger partial charge in [-0.1, -0.05) is 55.4 Å². The molecule has 18 heavy (non-hydrogen) atoms. The lowest BCUT2D eigenvalue weighted by molar-refractivity contribution is 0.0201. The third kappa shape index (κ3) is 5.77. The van der Waals surface area contributed by atoms with Crippen LogP contribution in [0.1, 0.15) is 61.8 Å². The summed E-state index contributed by atoms with van der Waals surface area (Å²) in [5.74, 6) is 4.15. The maximum Gasteiger partial charge on any atom is 0.00211 e. The van der Waals surface area contributed by atoms with Gasteiger partial charge in [-0.2, -0.15) is 24.4 Å². The van der Waals surface area contributed by atoms with E-state index in [4.69, 9.17) is 0 Å². The van der Waals surface area contributed by atoms with E-state index in [9.17, 15) is 0 Å². The van der Waals surface area contributed by atoms with Gasteiger partial charge in [0.2, 0.25) is 0 Å². The molecule has 2 heteroatoms. The summed E-state index contributed by atoms with van der Waals surface area (Å²) < 4.78 is 0. The zero-order valence-corrected chi connectivity index (χ0v) is 15.5. The summed E-state index contributed by atoms with van der Waals surface area (Å²) in [6.07, 6.45) is 1.27. The Balaban J connectivity index is 4.66. The van der Waals surface area contributed by atoms with Gasteiger partial charge in [-0.25, -0.2) is 0 Å². The first-order chi connectivity index (χ1) is 7.94. The van der Waals surface area contributed by atoms with Crippen LogP contribution < -0.4 is 0 Å². The smallest absolute Gasteiger partial charge is 0.00211 e. The minimum absolute atomic E-state index is 0.365. The molecule has 0 aromatic carbocycles. The minimum Gasteiger partial charge on any atom is -0.179 e. The fourth-order valence-corrected chi connectivity index (χ4v) is 4.21. The highest BCUT2D eigenvalue weighted by Crippen LogP contribution is 2.50. The second-order valence-electron chi connectivity index (χ2n) is 8.04. The molecule has 0 aromatic heterocycles. The third-order valence-electron chi connectivity index (χ3n) is 4.55. The number of thiol groups is 1. The zero-order chi connectivity index (χ0) is 14.6. The summed E-state index contributed by atoms with van der Waals surface area (Å²) >= 11 is 6.33. The fourth-order valence-electron chi connectivity index (χ4n) is 2.75. The van der Waals surface area contributed by atoms with Crippen LogP contribution in [-0.4, -0.2) is 17.3 Å². The molecule has 0 fully saturated rings. The second-order valence-corrected chi connectivity index (χ2v) is 9.64. The SMILES string of the molecule is CC(CSCCS)C(C)(C)C(C)(C)CC(C)(C)C. The van der Waals surface area contributed by atoms with Gasteiger partial charge < -0.3 is 0 Å². The van der Waals surface area contributed by atoms with E-state index in [0.29, 0.717) is 16.2 Å². The third-order valence-corrected chi connectivity index (χ3v) is 6.31. The van der Waals surface area contributed by atoms with Crippen molar-refractivity contribution < 1.29 is 0 Å². The Morgan fingerprint density at radius 1 is 1.00 bits per heavy atom. The molecule has 0 rings (SSSR count). The monoisotopic (exact) mass is 290 g/mol. The molecule has 0 aliphatic rings. The van der Waals surface area contributed by atoms with Gasteiger partial charge in [0.1, 0.15) is 0 Å². The fraction of sp³-hybridized carbons (Fsp3) is 1.00. The van der Waals surface area contributed by atoms with Gasteiger partial charge in [0, 0.05) is 5.75 Å². The lowest BCUT2D eigenvalue weighted by Crippen LogP contribution is -2.41. The predicted molar refractivity (Wildman–Crippen MR) is 92.0 cm³/mol. The van der Waals surface area contributed by atoms with Gasteiger partial charge in [-0.05, 0) is 40.1 Å². The van der Waals surface area contributed by atoms with Crippen molar-refractivity contribution in [2.24, 2.45) is 22.2 Å². The lowest BCUT2D eigenvalue weighted by Gasteiger charge is -2.49. The van der Waals surface area contributed by atoms with E-state index in [1.54, 1.807) is 0 Å². The van der Waals surface area contributed by atoms with E-state index < -0.39 is 0 Å². The summed E-state index contributed by atoms with van der Waals surface area (Å²) in [6.45, 7) is 19.3. The Kier molecular flexibility index (Phi) is 7.19. The number of rotatable bonds is 7. The molecule has 0 N–H and O–H groups in total. The van der Waals surface area contributed by atoms with Crippen molar-refractivity contribution >= 4 is 24.4 Å². The summed E-state index contributed by atoms with van der Waals surface area (Å²) in [7, 11) is 0. The summed E-state index contributed by atoms with van der Waals surface area (Å²) in [5, 5.41) is 0. The molecule has 0 aliphatic carbocycles. The van der Waals surface area contributed by atoms with E-state index in [-0.39, 0.29) is 0 Å². The van der Waals surface area contributed by atoms with Crippen molar-refractivity contribution in [3.63, 3.8) is 0 Å². The zero-order valence-electron chi connectivity index (χ0n) is 13.8. The summed E-state index contributed by atoms with van der Waals surface area (Å²) in [6, 6.07) is 0. The molecular weight excluding hydrogens is 256 g/mol. The topological polar surface area (TPSA) is 0 Å². The maximum absolute atomic E-state index is 4.29. The van der Waals surface area contributed by atoms with E-state index in [1.165, 1.54) is 17.9 Å². The molecule has 1 unspecified atom stereocenters. The molecule has 0 aromatic rings. The van der Waals surface area contributed by atoms with Crippen LogP contribution in [0.4, 0.5) is 0 Å². The van der Waals surface area contributed by atoms with Crippen molar-refractivity contribution in [3.8, 4) is 0 Å². The second kappa shape index (κ2) is 6.92. The van der Waals surface area contributed by atoms with E-state index in [2.05, 4.69) is 68.0 Å². The summed E-state index contributed by atoms with van der Waals surface area (Å²) in [4.78, 5) is 0. The van der Waals surface area contributed by atoms with Crippen LogP contribution in [-0.2, 0) is 0 Å². The highest BCUT2D eigenvalue weighted by molar-refractivity contribution is 7.99. The molecule has 0 spiro atoms. The molecular formula is C16H34S2. The van der Waals surface area contributed by atoms with Gasteiger partial charge in [-0.15, -0.1) is 0 Å². The van der Waals surface area contributed by atoms with Crippen molar-refractivity contribution in [1.29, 1.82) is 0 Å². The first-order valence-electron chi connectivity index (χ1n) is 7.12. The molecule has 0 nitrogen and oxygen atoms in total. The quantitative estimate of drug-likeness (QED) is 0.458. The van der Waals surface area contributed by atoms with E-state index in [1.807, 2.05) is 11.8 Å². The largest absolute Gasteiger partial charge is 0.179 e. The molecule has 0 radical (unpaired) electrons. The molecule has 110 valence electrons. The molecule has 0 bridgehead atoms. The van der Waals surface area contributed by atoms with Crippen LogP contribution in [0.25, 0.3) is 0 Å². The van der Waals surface area contributed by atoms with E-state index >= 15 is 0 Å². The average Bonchev–Trinajstić information content (AvgIpc) is 2.13. The Labute approximate surface area is 125 Å². The van der Waals surface area contributed by atoms with Crippen molar-refractivity contribution in [1.82, 2.24) is 0 Å². The van der Waals surface area contributed by atoms with Crippen LogP contribution in [0.5, 0.6) is 0 Å². The van der Waals surface area contributed by atoms with Crippen LogP contribution >= 0.6 is 24.4 Å². The summed E-state index contributed by atoms with van der Waals surface area (Å²) in [5.41, 5.74) is 1.13. The van der Waals surface area contributed by atoms with Crippen LogP contribution in [0.3, 0.4) is 0 Å². The van der Waals surface area contributed by atoms with Gasteiger partial charge in [0.05, 0.1) is 0 Å². The standard InChI is InChI=1S/C16H34S2/c1-13(11-18-10-9-17)16(7,8)15(5,6)12-14(2,3)4/h13,17H,9-12H2,1-8H3. The minimum atomic E-state index is 0.365. The Hall–Kier alpha value is 0.700. The Morgan fingerprint density at radius 3 is 1.89 bits per heavy atom. The Morgan fingerprint density at radius 2 is 1.50 bits per heavy atom. The molecule has 0 saturated heterocycles. The van der Waals surface area contributed by atoms with Crippen LogP contribution in [0, 0.1) is 22.2 Å². The normalized spacial score (nSPS) is 15.8. The number of thioether (sulfide) groups is 1. The highest BCUT2D eigenvalue weighted by Gasteiger charge is 2.42. The molecule has 0 amide bonds. The number of hydrogen-bond acceptors (Lipinski definition) is 2. The lowest BCUT2D eigenvalue weighted by atomic mass is 9.57. The highest BCUT2D eigenvalue weighted by atomic mass is 32.2. The van der Waals surface area contributed by atoms with Gasteiger partial charge in [0.15, 0.2) is 0 Å². The molecule has 1 atom stereocenters. The first-order valence-corrected chi connectivity index (χ1v) is 8.91. The number of hydrogen-bond donors (Lipinski definition) is 1. The average molecular weight is 291 g/mol. The first kappa shape index (κ1) is 18.7. The van der Waals surface area contributed by atoms with Crippen molar-refractivity contribution in [2.75, 3.05) is 17.3 Å². The van der Waals surface area contributed by atoms with Gasteiger partial charge in [-0.3, -0.25) is 0 Å². The van der Waals surface area contributed by atoms with Gasteiger partial charge >= 0.3 is 0 Å².